The zero-order valence-corrected chi connectivity index (χ0v) is 5.95. The number of nitrogens with zero attached hydrogens (tertiary/aromatic N) is 4. The van der Waals surface area contributed by atoms with E-state index < -0.39 is 10.1 Å². The van der Waals surface area contributed by atoms with Crippen molar-refractivity contribution < 1.29 is 14.8 Å². The zero-order chi connectivity index (χ0) is 9.14. The molecule has 0 spiro atoms. The molecule has 0 aromatic carbocycles. The van der Waals surface area contributed by atoms with E-state index in [1.165, 1.54) is 0 Å². The monoisotopic (exact) mass is 178 g/mol. The Morgan fingerprint density at radius 2 is 1.50 bits per heavy atom. The fourth-order valence-corrected chi connectivity index (χ4v) is 0.719. The van der Waals surface area contributed by atoms with Gasteiger partial charge in [0.1, 0.15) is 0 Å². The van der Waals surface area contributed by atoms with Gasteiger partial charge in [-0.3, -0.25) is 0 Å². The molecule has 1 rings (SSSR count). The summed E-state index contributed by atoms with van der Waals surface area (Å²) in [6.45, 7) is -0.811. The van der Waals surface area contributed by atoms with Crippen molar-refractivity contribution in [2.75, 3.05) is 20.1 Å². The predicted molar refractivity (Wildman–Crippen MR) is 33.4 cm³/mol. The number of hydrazine groups is 2. The predicted octanol–water partition coefficient (Wildman–Crippen LogP) is -1.12. The topological polar surface area (TPSA) is 102 Å². The van der Waals surface area contributed by atoms with Crippen LogP contribution in [0.25, 0.3) is 0 Å². The van der Waals surface area contributed by atoms with E-state index >= 15 is 0 Å². The molecule has 0 aromatic rings. The standard InChI is InChI=1S/C3H6N4O5/c8-6(9)4-1-5(7(10)11)3-12-2-4/h1-3H2. The van der Waals surface area contributed by atoms with Crippen molar-refractivity contribution in [3.05, 3.63) is 20.2 Å². The van der Waals surface area contributed by atoms with Gasteiger partial charge in [-0.05, 0) is 0 Å². The molecular formula is C3H6N4O5. The van der Waals surface area contributed by atoms with E-state index in [0.29, 0.717) is 10.0 Å². The molecule has 1 saturated heterocycles. The van der Waals surface area contributed by atoms with Crippen LogP contribution in [0.5, 0.6) is 0 Å². The van der Waals surface area contributed by atoms with E-state index in [1.54, 1.807) is 0 Å². The molecule has 9 nitrogen and oxygen atoms in total. The molecule has 0 N–H and O–H groups in total. The first-order valence-electron chi connectivity index (χ1n) is 2.97. The lowest BCUT2D eigenvalue weighted by Gasteiger charge is -2.23. The average Bonchev–Trinajstić information content (AvgIpc) is 2.04. The van der Waals surface area contributed by atoms with Gasteiger partial charge in [0, 0.05) is 0 Å². The SMILES string of the molecule is O=[N+]([O-])N1COCN([N+](=O)[O-])C1. The highest BCUT2D eigenvalue weighted by Crippen LogP contribution is 2.02. The van der Waals surface area contributed by atoms with Gasteiger partial charge in [0.05, 0.1) is 0 Å². The number of hydrogen-bond donors (Lipinski definition) is 0. The first-order valence-corrected chi connectivity index (χ1v) is 2.97. The van der Waals surface area contributed by atoms with Crippen LogP contribution in [-0.4, -0.2) is 40.2 Å². The molecule has 0 aromatic heterocycles. The average molecular weight is 178 g/mol. The van der Waals surface area contributed by atoms with Gasteiger partial charge >= 0.3 is 0 Å². The smallest absolute Gasteiger partial charge is 0.213 e. The molecule has 9 heteroatoms. The van der Waals surface area contributed by atoms with Crippen LogP contribution in [0.15, 0.2) is 0 Å². The summed E-state index contributed by atoms with van der Waals surface area (Å²) in [5.41, 5.74) is 0. The van der Waals surface area contributed by atoms with Gasteiger partial charge < -0.3 is 4.74 Å². The Hall–Kier alpha value is -1.64. The Bertz CT molecular complexity index is 187. The highest BCUT2D eigenvalue weighted by atomic mass is 16.7. The van der Waals surface area contributed by atoms with Crippen LogP contribution < -0.4 is 0 Å². The maximum Gasteiger partial charge on any atom is 0.213 e. The van der Waals surface area contributed by atoms with Gasteiger partial charge in [-0.2, -0.15) is 0 Å². The van der Waals surface area contributed by atoms with Gasteiger partial charge in [0.15, 0.2) is 23.5 Å². The summed E-state index contributed by atoms with van der Waals surface area (Å²) in [4.78, 5) is 20.2. The molecule has 1 heterocycles. The molecule has 12 heavy (non-hydrogen) atoms. The quantitative estimate of drug-likeness (QED) is 0.389. The molecule has 68 valence electrons. The second-order valence-corrected chi connectivity index (χ2v) is 2.09. The van der Waals surface area contributed by atoms with Gasteiger partial charge in [-0.1, -0.05) is 10.0 Å². The van der Waals surface area contributed by atoms with Gasteiger partial charge in [0.25, 0.3) is 0 Å². The van der Waals surface area contributed by atoms with Gasteiger partial charge in [-0.15, -0.1) is 0 Å². The van der Waals surface area contributed by atoms with Crippen LogP contribution in [-0.2, 0) is 4.74 Å². The molecule has 0 unspecified atom stereocenters. The Kier molecular flexibility index (Phi) is 2.24. The Morgan fingerprint density at radius 1 is 1.08 bits per heavy atom. The Labute approximate surface area is 66.3 Å². The molecular weight excluding hydrogens is 172 g/mol. The van der Waals surface area contributed by atoms with Crippen LogP contribution >= 0.6 is 0 Å². The van der Waals surface area contributed by atoms with Crippen LogP contribution in [0, 0.1) is 20.2 Å². The van der Waals surface area contributed by atoms with E-state index in [4.69, 9.17) is 0 Å². The molecule has 0 bridgehead atoms. The van der Waals surface area contributed by atoms with Gasteiger partial charge in [-0.25, -0.2) is 20.2 Å². The van der Waals surface area contributed by atoms with Crippen molar-refractivity contribution in [3.63, 3.8) is 0 Å². The van der Waals surface area contributed by atoms with Crippen molar-refractivity contribution in [1.29, 1.82) is 0 Å². The largest absolute Gasteiger partial charge is 0.329 e. The summed E-state index contributed by atoms with van der Waals surface area (Å²) in [5.74, 6) is 0. The summed E-state index contributed by atoms with van der Waals surface area (Å²) in [6.07, 6.45) is 0. The number of nitro groups is 2. The second-order valence-electron chi connectivity index (χ2n) is 2.09. The van der Waals surface area contributed by atoms with Crippen LogP contribution in [0.1, 0.15) is 0 Å². The highest BCUT2D eigenvalue weighted by molar-refractivity contribution is 4.40. The summed E-state index contributed by atoms with van der Waals surface area (Å²) in [6, 6.07) is 0. The van der Waals surface area contributed by atoms with Crippen LogP contribution in [0.2, 0.25) is 0 Å². The van der Waals surface area contributed by atoms with Gasteiger partial charge in [0.2, 0.25) is 6.67 Å². The lowest BCUT2D eigenvalue weighted by Crippen LogP contribution is -2.50. The number of ether oxygens (including phenoxy) is 1. The molecule has 0 amide bonds. The summed E-state index contributed by atoms with van der Waals surface area (Å²) >= 11 is 0. The lowest BCUT2D eigenvalue weighted by molar-refractivity contribution is -0.736. The number of rotatable bonds is 2. The first-order chi connectivity index (χ1) is 5.61. The Morgan fingerprint density at radius 3 is 1.83 bits per heavy atom. The maximum atomic E-state index is 10.1. The second kappa shape index (κ2) is 3.17. The van der Waals surface area contributed by atoms with E-state index in [2.05, 4.69) is 4.74 Å². The third-order valence-corrected chi connectivity index (χ3v) is 1.27. The molecule has 1 aliphatic heterocycles. The van der Waals surface area contributed by atoms with E-state index in [1.807, 2.05) is 0 Å². The summed E-state index contributed by atoms with van der Waals surface area (Å²) in [5, 5.41) is 20.0. The maximum absolute atomic E-state index is 10.1. The summed E-state index contributed by atoms with van der Waals surface area (Å²) < 4.78 is 4.59. The lowest BCUT2D eigenvalue weighted by atomic mass is 10.8. The molecule has 1 fully saturated rings. The third-order valence-electron chi connectivity index (χ3n) is 1.27. The molecule has 0 saturated carbocycles. The molecule has 0 radical (unpaired) electrons. The fraction of sp³-hybridized carbons (Fsp3) is 1.00. The van der Waals surface area contributed by atoms with Crippen molar-refractivity contribution in [1.82, 2.24) is 10.0 Å². The van der Waals surface area contributed by atoms with E-state index in [-0.39, 0.29) is 20.1 Å². The minimum absolute atomic E-state index is 0.225. The van der Waals surface area contributed by atoms with Crippen LogP contribution in [0.4, 0.5) is 0 Å². The highest BCUT2D eigenvalue weighted by Gasteiger charge is 2.29. The first kappa shape index (κ1) is 8.46. The summed E-state index contributed by atoms with van der Waals surface area (Å²) in [7, 11) is 0. The van der Waals surface area contributed by atoms with Crippen molar-refractivity contribution in [2.24, 2.45) is 0 Å². The van der Waals surface area contributed by atoms with Crippen molar-refractivity contribution in [2.45, 2.75) is 0 Å². The fourth-order valence-electron chi connectivity index (χ4n) is 0.719. The van der Waals surface area contributed by atoms with Crippen molar-refractivity contribution in [3.8, 4) is 0 Å². The molecule has 0 atom stereocenters. The minimum Gasteiger partial charge on any atom is -0.329 e. The third kappa shape index (κ3) is 1.69. The minimum atomic E-state index is -0.740. The molecule has 1 aliphatic rings. The van der Waals surface area contributed by atoms with Crippen LogP contribution in [0.3, 0.4) is 0 Å². The van der Waals surface area contributed by atoms with Crippen molar-refractivity contribution >= 4 is 0 Å². The normalized spacial score (nSPS) is 17.7. The van der Waals surface area contributed by atoms with E-state index in [9.17, 15) is 20.2 Å². The molecule has 0 aliphatic carbocycles. The number of hydrogen-bond acceptors (Lipinski definition) is 5. The Balaban J connectivity index is 2.51. The van der Waals surface area contributed by atoms with E-state index in [0.717, 1.165) is 0 Å². The zero-order valence-electron chi connectivity index (χ0n) is 5.95.